The van der Waals surface area contributed by atoms with Gasteiger partial charge in [-0.25, -0.2) is 0 Å². The summed E-state index contributed by atoms with van der Waals surface area (Å²) in [6, 6.07) is 0.871. The SMILES string of the molecule is CCCCCCC(CCCCCC)N1CCNCC1. The van der Waals surface area contributed by atoms with Gasteiger partial charge in [0.05, 0.1) is 0 Å². The molecule has 0 aromatic carbocycles. The highest BCUT2D eigenvalue weighted by molar-refractivity contribution is 4.77. The van der Waals surface area contributed by atoms with E-state index in [-0.39, 0.29) is 0 Å². The molecule has 0 spiro atoms. The van der Waals surface area contributed by atoms with Crippen molar-refractivity contribution < 1.29 is 0 Å². The molecule has 0 aromatic heterocycles. The van der Waals surface area contributed by atoms with Crippen molar-refractivity contribution in [3.05, 3.63) is 0 Å². The largest absolute Gasteiger partial charge is 0.314 e. The Bertz CT molecular complexity index is 176. The average molecular weight is 268 g/mol. The van der Waals surface area contributed by atoms with Gasteiger partial charge in [-0.1, -0.05) is 65.2 Å². The highest BCUT2D eigenvalue weighted by atomic mass is 15.2. The summed E-state index contributed by atoms with van der Waals surface area (Å²) in [5.74, 6) is 0. The highest BCUT2D eigenvalue weighted by Crippen LogP contribution is 2.18. The second kappa shape index (κ2) is 11.7. The minimum Gasteiger partial charge on any atom is -0.314 e. The van der Waals surface area contributed by atoms with Crippen LogP contribution in [0.2, 0.25) is 0 Å². The molecule has 0 bridgehead atoms. The Morgan fingerprint density at radius 1 is 0.789 bits per heavy atom. The minimum absolute atomic E-state index is 0.871. The Morgan fingerprint density at radius 2 is 1.32 bits per heavy atom. The van der Waals surface area contributed by atoms with Crippen LogP contribution < -0.4 is 5.32 Å². The van der Waals surface area contributed by atoms with Crippen LogP contribution in [0.3, 0.4) is 0 Å². The third-order valence-electron chi connectivity index (χ3n) is 4.45. The molecular formula is C17H36N2. The zero-order chi connectivity index (χ0) is 13.8. The van der Waals surface area contributed by atoms with Crippen molar-refractivity contribution in [2.75, 3.05) is 26.2 Å². The van der Waals surface area contributed by atoms with E-state index in [0.717, 1.165) is 6.04 Å². The quantitative estimate of drug-likeness (QED) is 0.565. The van der Waals surface area contributed by atoms with Crippen molar-refractivity contribution >= 4 is 0 Å². The summed E-state index contributed by atoms with van der Waals surface area (Å²) < 4.78 is 0. The second-order valence-electron chi connectivity index (χ2n) is 6.14. The molecular weight excluding hydrogens is 232 g/mol. The number of piperazine rings is 1. The molecule has 1 aliphatic heterocycles. The first-order chi connectivity index (χ1) is 9.38. The molecule has 1 fully saturated rings. The van der Waals surface area contributed by atoms with Crippen LogP contribution in [0.25, 0.3) is 0 Å². The monoisotopic (exact) mass is 268 g/mol. The molecule has 19 heavy (non-hydrogen) atoms. The average Bonchev–Trinajstić information content (AvgIpc) is 2.46. The Balaban J connectivity index is 2.24. The van der Waals surface area contributed by atoms with E-state index in [1.165, 1.54) is 90.4 Å². The number of unbranched alkanes of at least 4 members (excludes halogenated alkanes) is 6. The summed E-state index contributed by atoms with van der Waals surface area (Å²) in [6.45, 7) is 9.54. The summed E-state index contributed by atoms with van der Waals surface area (Å²) in [4.78, 5) is 2.76. The van der Waals surface area contributed by atoms with Gasteiger partial charge in [0, 0.05) is 32.2 Å². The third-order valence-corrected chi connectivity index (χ3v) is 4.45. The first kappa shape index (κ1) is 17.0. The molecule has 0 amide bonds. The van der Waals surface area contributed by atoms with Crippen LogP contribution in [0, 0.1) is 0 Å². The van der Waals surface area contributed by atoms with Crippen molar-refractivity contribution in [2.45, 2.75) is 84.1 Å². The number of nitrogens with one attached hydrogen (secondary N) is 1. The van der Waals surface area contributed by atoms with E-state index in [2.05, 4.69) is 24.1 Å². The summed E-state index contributed by atoms with van der Waals surface area (Å²) in [5, 5.41) is 3.48. The maximum Gasteiger partial charge on any atom is 0.0110 e. The first-order valence-corrected chi connectivity index (χ1v) is 8.83. The summed E-state index contributed by atoms with van der Waals surface area (Å²) in [7, 11) is 0. The molecule has 0 atom stereocenters. The topological polar surface area (TPSA) is 15.3 Å². The van der Waals surface area contributed by atoms with Crippen LogP contribution in [0.1, 0.15) is 78.1 Å². The van der Waals surface area contributed by atoms with Crippen molar-refractivity contribution in [2.24, 2.45) is 0 Å². The van der Waals surface area contributed by atoms with Crippen molar-refractivity contribution in [1.29, 1.82) is 0 Å². The van der Waals surface area contributed by atoms with Gasteiger partial charge in [0.1, 0.15) is 0 Å². The van der Waals surface area contributed by atoms with Gasteiger partial charge in [0.25, 0.3) is 0 Å². The van der Waals surface area contributed by atoms with E-state index in [4.69, 9.17) is 0 Å². The summed E-state index contributed by atoms with van der Waals surface area (Å²) >= 11 is 0. The molecule has 0 aromatic rings. The molecule has 2 nitrogen and oxygen atoms in total. The van der Waals surface area contributed by atoms with E-state index < -0.39 is 0 Å². The van der Waals surface area contributed by atoms with Crippen LogP contribution in [0.15, 0.2) is 0 Å². The van der Waals surface area contributed by atoms with Crippen LogP contribution in [0.4, 0.5) is 0 Å². The predicted octanol–water partition coefficient (Wildman–Crippen LogP) is 4.20. The molecule has 2 heteroatoms. The molecule has 114 valence electrons. The molecule has 1 saturated heterocycles. The summed E-state index contributed by atoms with van der Waals surface area (Å²) in [5.41, 5.74) is 0. The number of nitrogens with zero attached hydrogens (tertiary/aromatic N) is 1. The lowest BCUT2D eigenvalue weighted by Crippen LogP contribution is -2.48. The Labute approximate surface area is 121 Å². The van der Waals surface area contributed by atoms with Crippen molar-refractivity contribution in [3.8, 4) is 0 Å². The standard InChI is InChI=1S/C17H36N2/c1-3-5-7-9-11-17(12-10-8-6-4-2)19-15-13-18-14-16-19/h17-18H,3-16H2,1-2H3. The lowest BCUT2D eigenvalue weighted by atomic mass is 9.99. The first-order valence-electron chi connectivity index (χ1n) is 8.83. The van der Waals surface area contributed by atoms with Crippen molar-refractivity contribution in [3.63, 3.8) is 0 Å². The molecule has 1 rings (SSSR count). The van der Waals surface area contributed by atoms with Crippen LogP contribution in [-0.4, -0.2) is 37.1 Å². The highest BCUT2D eigenvalue weighted by Gasteiger charge is 2.19. The van der Waals surface area contributed by atoms with Gasteiger partial charge in [-0.15, -0.1) is 0 Å². The molecule has 0 saturated carbocycles. The Morgan fingerprint density at radius 3 is 1.79 bits per heavy atom. The number of hydrogen-bond acceptors (Lipinski definition) is 2. The summed E-state index contributed by atoms with van der Waals surface area (Å²) in [6.07, 6.45) is 14.2. The zero-order valence-corrected chi connectivity index (χ0v) is 13.4. The van der Waals surface area contributed by atoms with E-state index >= 15 is 0 Å². The van der Waals surface area contributed by atoms with E-state index in [9.17, 15) is 0 Å². The fourth-order valence-corrected chi connectivity index (χ4v) is 3.17. The van der Waals surface area contributed by atoms with Crippen LogP contribution in [0.5, 0.6) is 0 Å². The molecule has 1 N–H and O–H groups in total. The predicted molar refractivity (Wildman–Crippen MR) is 85.7 cm³/mol. The molecule has 1 aliphatic rings. The normalized spacial score (nSPS) is 17.2. The maximum atomic E-state index is 3.48. The molecule has 0 aliphatic carbocycles. The smallest absolute Gasteiger partial charge is 0.0110 e. The van der Waals surface area contributed by atoms with Gasteiger partial charge in [-0.2, -0.15) is 0 Å². The Hall–Kier alpha value is -0.0800. The van der Waals surface area contributed by atoms with Gasteiger partial charge in [-0.05, 0) is 12.8 Å². The van der Waals surface area contributed by atoms with E-state index in [1.54, 1.807) is 0 Å². The van der Waals surface area contributed by atoms with Crippen LogP contribution in [-0.2, 0) is 0 Å². The zero-order valence-electron chi connectivity index (χ0n) is 13.4. The number of hydrogen-bond donors (Lipinski definition) is 1. The maximum absolute atomic E-state index is 3.48. The van der Waals surface area contributed by atoms with Crippen molar-refractivity contribution in [1.82, 2.24) is 10.2 Å². The van der Waals surface area contributed by atoms with Gasteiger partial charge < -0.3 is 5.32 Å². The van der Waals surface area contributed by atoms with Gasteiger partial charge >= 0.3 is 0 Å². The molecule has 1 heterocycles. The van der Waals surface area contributed by atoms with E-state index in [1.807, 2.05) is 0 Å². The lowest BCUT2D eigenvalue weighted by molar-refractivity contribution is 0.151. The van der Waals surface area contributed by atoms with E-state index in [0.29, 0.717) is 0 Å². The van der Waals surface area contributed by atoms with Crippen LogP contribution >= 0.6 is 0 Å². The molecule has 0 radical (unpaired) electrons. The molecule has 0 unspecified atom stereocenters. The lowest BCUT2D eigenvalue weighted by Gasteiger charge is -2.35. The fraction of sp³-hybridized carbons (Fsp3) is 1.00. The second-order valence-corrected chi connectivity index (χ2v) is 6.14. The Kier molecular flexibility index (Phi) is 10.5. The fourth-order valence-electron chi connectivity index (χ4n) is 3.17. The third kappa shape index (κ3) is 7.94. The minimum atomic E-state index is 0.871. The number of rotatable bonds is 11. The van der Waals surface area contributed by atoms with Gasteiger partial charge in [0.2, 0.25) is 0 Å². The van der Waals surface area contributed by atoms with Gasteiger partial charge in [-0.3, -0.25) is 4.90 Å². The van der Waals surface area contributed by atoms with Gasteiger partial charge in [0.15, 0.2) is 0 Å².